The van der Waals surface area contributed by atoms with Crippen molar-refractivity contribution >= 4 is 53.4 Å². The minimum atomic E-state index is -1.18. The number of benzene rings is 3. The molecule has 0 saturated heterocycles. The minimum Gasteiger partial charge on any atom is -0.445 e. The molecule has 0 fully saturated rings. The zero-order chi connectivity index (χ0) is 49.3. The number of carbonyl (C=O) groups is 8. The second-order valence-electron chi connectivity index (χ2n) is 17.2. The first-order chi connectivity index (χ1) is 31.8. The molecule has 2 atom stereocenters. The topological polar surface area (TPSA) is 244 Å². The van der Waals surface area contributed by atoms with Gasteiger partial charge in [0.15, 0.2) is 0 Å². The van der Waals surface area contributed by atoms with Crippen LogP contribution < -0.4 is 27.0 Å². The molecule has 18 heteroatoms. The van der Waals surface area contributed by atoms with E-state index in [9.17, 15) is 38.4 Å². The number of anilines is 1. The first-order valence-electron chi connectivity index (χ1n) is 22.3. The molecule has 0 aliphatic carbocycles. The third-order valence-electron chi connectivity index (χ3n) is 11.3. The SMILES string of the molecule is CC(C)[C@H](NC(=O)CCCCCN1C(=O)C=CC1=O)C(=O)N(c1ccc(COC(=O)N(C)CCN(C)C(=O)OC(C)(C)c2ccc(-c3ccccc3)cc2)cc1)[C@@H](CCCNC(N)=O)C(N)=O. The largest absolute Gasteiger partial charge is 0.445 e. The maximum atomic E-state index is 14.4. The summed E-state index contributed by atoms with van der Waals surface area (Å²) in [5.41, 5.74) is 14.0. The van der Waals surface area contributed by atoms with E-state index in [-0.39, 0.29) is 69.6 Å². The maximum absolute atomic E-state index is 14.4. The molecule has 1 heterocycles. The zero-order valence-electron chi connectivity index (χ0n) is 39.2. The van der Waals surface area contributed by atoms with Gasteiger partial charge in [-0.25, -0.2) is 14.4 Å². The lowest BCUT2D eigenvalue weighted by molar-refractivity contribution is -0.137. The van der Waals surface area contributed by atoms with Crippen molar-refractivity contribution in [1.29, 1.82) is 0 Å². The predicted octanol–water partition coefficient (Wildman–Crippen LogP) is 5.19. The van der Waals surface area contributed by atoms with Crippen LogP contribution in [0.3, 0.4) is 0 Å². The van der Waals surface area contributed by atoms with Crippen molar-refractivity contribution in [3.63, 3.8) is 0 Å². The smallest absolute Gasteiger partial charge is 0.410 e. The number of nitrogens with one attached hydrogen (secondary N) is 2. The molecule has 9 amide bonds. The fraction of sp³-hybridized carbons (Fsp3) is 0.429. The van der Waals surface area contributed by atoms with E-state index in [1.54, 1.807) is 52.2 Å². The van der Waals surface area contributed by atoms with E-state index >= 15 is 0 Å². The van der Waals surface area contributed by atoms with E-state index in [4.69, 9.17) is 20.9 Å². The molecule has 0 bridgehead atoms. The van der Waals surface area contributed by atoms with Crippen LogP contribution in [-0.4, -0.2) is 115 Å². The van der Waals surface area contributed by atoms with Gasteiger partial charge in [0.05, 0.1) is 0 Å². The van der Waals surface area contributed by atoms with E-state index in [1.807, 2.05) is 68.4 Å². The number of hydrogen-bond donors (Lipinski definition) is 4. The number of hydrogen-bond acceptors (Lipinski definition) is 10. The van der Waals surface area contributed by atoms with E-state index in [1.165, 1.54) is 26.9 Å². The van der Waals surface area contributed by atoms with Crippen LogP contribution in [0.2, 0.25) is 0 Å². The Balaban J connectivity index is 1.34. The molecular weight excluding hydrogens is 861 g/mol. The van der Waals surface area contributed by atoms with Crippen molar-refractivity contribution in [2.45, 2.75) is 90.5 Å². The monoisotopic (exact) mass is 924 g/mol. The van der Waals surface area contributed by atoms with Gasteiger partial charge in [0.1, 0.15) is 24.3 Å². The van der Waals surface area contributed by atoms with Crippen LogP contribution in [0.1, 0.15) is 77.3 Å². The van der Waals surface area contributed by atoms with Gasteiger partial charge in [0.2, 0.25) is 11.8 Å². The second kappa shape index (κ2) is 24.9. The van der Waals surface area contributed by atoms with Gasteiger partial charge in [-0.2, -0.15) is 0 Å². The first-order valence-corrected chi connectivity index (χ1v) is 22.3. The van der Waals surface area contributed by atoms with Crippen LogP contribution in [-0.2, 0) is 45.7 Å². The van der Waals surface area contributed by atoms with Crippen molar-refractivity contribution in [3.8, 4) is 11.1 Å². The third-order valence-corrected chi connectivity index (χ3v) is 11.3. The number of ether oxygens (including phenoxy) is 2. The van der Waals surface area contributed by atoms with E-state index in [2.05, 4.69) is 10.6 Å². The Labute approximate surface area is 392 Å². The Bertz CT molecular complexity index is 2210. The van der Waals surface area contributed by atoms with Gasteiger partial charge in [0.25, 0.3) is 17.7 Å². The number of nitrogens with two attached hydrogens (primary N) is 2. The van der Waals surface area contributed by atoms with E-state index in [0.29, 0.717) is 24.8 Å². The lowest BCUT2D eigenvalue weighted by Gasteiger charge is -2.34. The highest BCUT2D eigenvalue weighted by molar-refractivity contribution is 6.12. The van der Waals surface area contributed by atoms with Crippen LogP contribution in [0, 0.1) is 5.92 Å². The molecular formula is C49H64N8O10. The molecule has 18 nitrogen and oxygen atoms in total. The van der Waals surface area contributed by atoms with E-state index in [0.717, 1.165) is 21.6 Å². The molecule has 3 aromatic rings. The summed E-state index contributed by atoms with van der Waals surface area (Å²) in [4.78, 5) is 107. The Kier molecular flexibility index (Phi) is 19.5. The number of carbonyl (C=O) groups excluding carboxylic acids is 8. The Morgan fingerprint density at radius 2 is 1.34 bits per heavy atom. The molecule has 1 aliphatic heterocycles. The summed E-state index contributed by atoms with van der Waals surface area (Å²) >= 11 is 0. The Morgan fingerprint density at radius 3 is 1.93 bits per heavy atom. The standard InChI is InChI=1S/C49H64N8O10/c1-33(2)43(53-40(58)17-11-8-12-29-56-41(59)26-27-42(56)60)45(62)57(39(44(50)61)16-13-28-52-46(51)63)38-24-18-34(19-25-38)32-66-47(64)54(5)30-31-55(6)48(65)67-49(3,4)37-22-20-36(21-23-37)35-14-9-7-10-15-35/h7,9-10,14-15,18-27,33,39,43H,8,11-13,16-17,28-32H2,1-6H3,(H2,50,61)(H,53,58)(H3,51,52,63)/t39-,43-/m0/s1. The van der Waals surface area contributed by atoms with Gasteiger partial charge in [-0.1, -0.05) is 87.0 Å². The molecule has 6 N–H and O–H groups in total. The highest BCUT2D eigenvalue weighted by Gasteiger charge is 2.36. The summed E-state index contributed by atoms with van der Waals surface area (Å²) in [7, 11) is 3.12. The molecule has 67 heavy (non-hydrogen) atoms. The molecule has 0 aromatic heterocycles. The quantitative estimate of drug-likeness (QED) is 0.0677. The molecule has 1 aliphatic rings. The van der Waals surface area contributed by atoms with Crippen molar-refractivity contribution < 1.29 is 47.8 Å². The number of primary amides is 2. The fourth-order valence-electron chi connectivity index (χ4n) is 7.20. The summed E-state index contributed by atoms with van der Waals surface area (Å²) in [5.74, 6) is -2.97. The van der Waals surface area contributed by atoms with Gasteiger partial charge < -0.3 is 41.4 Å². The van der Waals surface area contributed by atoms with Gasteiger partial charge in [-0.05, 0) is 79.8 Å². The Morgan fingerprint density at radius 1 is 0.746 bits per heavy atom. The zero-order valence-corrected chi connectivity index (χ0v) is 39.2. The van der Waals surface area contributed by atoms with Crippen LogP contribution in [0.5, 0.6) is 0 Å². The molecule has 4 rings (SSSR count). The molecule has 0 spiro atoms. The Hall–Kier alpha value is -7.24. The van der Waals surface area contributed by atoms with Crippen molar-refractivity contribution in [3.05, 3.63) is 102 Å². The van der Waals surface area contributed by atoms with Crippen LogP contribution >= 0.6 is 0 Å². The lowest BCUT2D eigenvalue weighted by atomic mass is 9.95. The summed E-state index contributed by atoms with van der Waals surface area (Å²) < 4.78 is 11.4. The fourth-order valence-corrected chi connectivity index (χ4v) is 7.20. The van der Waals surface area contributed by atoms with Crippen LogP contribution in [0.25, 0.3) is 11.1 Å². The number of imide groups is 1. The number of nitrogens with zero attached hydrogens (tertiary/aromatic N) is 4. The highest BCUT2D eigenvalue weighted by atomic mass is 16.6. The van der Waals surface area contributed by atoms with Crippen LogP contribution in [0.15, 0.2) is 91.0 Å². The predicted molar refractivity (Wildman–Crippen MR) is 252 cm³/mol. The first kappa shape index (κ1) is 52.4. The minimum absolute atomic E-state index is 0.0526. The summed E-state index contributed by atoms with van der Waals surface area (Å²) in [5, 5.41) is 5.27. The second-order valence-corrected chi connectivity index (χ2v) is 17.2. The summed E-state index contributed by atoms with van der Waals surface area (Å²) in [6, 6.07) is 21.2. The number of urea groups is 1. The van der Waals surface area contributed by atoms with Crippen molar-refractivity contribution in [2.24, 2.45) is 17.4 Å². The number of likely N-dealkylation sites (N-methyl/N-ethyl adjacent to an activating group) is 2. The van der Waals surface area contributed by atoms with Crippen molar-refractivity contribution in [1.82, 2.24) is 25.3 Å². The molecule has 360 valence electrons. The van der Waals surface area contributed by atoms with E-state index < -0.39 is 59.5 Å². The lowest BCUT2D eigenvalue weighted by Crippen LogP contribution is -2.57. The normalized spacial score (nSPS) is 13.1. The number of amides is 9. The third kappa shape index (κ3) is 15.7. The van der Waals surface area contributed by atoms with Crippen LogP contribution in [0.4, 0.5) is 20.1 Å². The summed E-state index contributed by atoms with van der Waals surface area (Å²) in [6.07, 6.45) is 3.09. The van der Waals surface area contributed by atoms with Gasteiger partial charge >= 0.3 is 18.2 Å². The average molecular weight is 925 g/mol. The molecule has 0 radical (unpaired) electrons. The molecule has 0 unspecified atom stereocenters. The molecule has 3 aromatic carbocycles. The molecule has 0 saturated carbocycles. The summed E-state index contributed by atoms with van der Waals surface area (Å²) in [6.45, 7) is 7.64. The van der Waals surface area contributed by atoms with Gasteiger partial charge in [0, 0.05) is 64.5 Å². The van der Waals surface area contributed by atoms with Gasteiger partial charge in [-0.3, -0.25) is 33.8 Å². The average Bonchev–Trinajstić information content (AvgIpc) is 3.62. The van der Waals surface area contributed by atoms with Crippen molar-refractivity contribution in [2.75, 3.05) is 45.2 Å². The highest BCUT2D eigenvalue weighted by Crippen LogP contribution is 2.29. The number of rotatable bonds is 24. The number of unbranched alkanes of at least 4 members (excludes halogenated alkanes) is 2. The maximum Gasteiger partial charge on any atom is 0.410 e. The van der Waals surface area contributed by atoms with Gasteiger partial charge in [-0.15, -0.1) is 0 Å².